The third-order valence-corrected chi connectivity index (χ3v) is 2.46. The smallest absolute Gasteiger partial charge is 0.151 e. The molecule has 2 N–H and O–H groups in total. The second-order valence-corrected chi connectivity index (χ2v) is 3.77. The quantitative estimate of drug-likeness (QED) is 0.745. The average molecular weight is 177 g/mol. The molecule has 0 spiro atoms. The van der Waals surface area contributed by atoms with E-state index >= 15 is 0 Å². The molecule has 3 nitrogen and oxygen atoms in total. The molecule has 1 saturated carbocycles. The van der Waals surface area contributed by atoms with Gasteiger partial charge in [0, 0.05) is 19.3 Å². The molecule has 0 atom stereocenters. The lowest BCUT2D eigenvalue weighted by atomic mass is 10.3. The van der Waals surface area contributed by atoms with Gasteiger partial charge < -0.3 is 10.6 Å². The van der Waals surface area contributed by atoms with Crippen LogP contribution in [0.3, 0.4) is 0 Å². The summed E-state index contributed by atoms with van der Waals surface area (Å²) in [5.41, 5.74) is 7.79. The fourth-order valence-corrected chi connectivity index (χ4v) is 1.51. The number of hydrogen-bond acceptors (Lipinski definition) is 3. The lowest BCUT2D eigenvalue weighted by molar-refractivity contribution is 0.893. The van der Waals surface area contributed by atoms with Gasteiger partial charge in [-0.2, -0.15) is 0 Å². The molecule has 1 fully saturated rings. The van der Waals surface area contributed by atoms with Crippen LogP contribution in [0.4, 0.5) is 11.5 Å². The Labute approximate surface area is 78.6 Å². The number of aryl methyl sites for hydroxylation is 1. The van der Waals surface area contributed by atoms with Gasteiger partial charge in [0.1, 0.15) is 0 Å². The maximum absolute atomic E-state index is 5.88. The zero-order valence-electron chi connectivity index (χ0n) is 8.12. The average Bonchev–Trinajstić information content (AvgIpc) is 2.85. The molecule has 0 amide bonds. The Morgan fingerprint density at radius 3 is 2.77 bits per heavy atom. The molecule has 70 valence electrons. The molecular formula is C10H15N3. The van der Waals surface area contributed by atoms with E-state index in [4.69, 9.17) is 5.73 Å². The highest BCUT2D eigenvalue weighted by Crippen LogP contribution is 2.31. The van der Waals surface area contributed by atoms with Crippen molar-refractivity contribution in [3.05, 3.63) is 17.8 Å². The number of rotatable bonds is 2. The zero-order chi connectivity index (χ0) is 9.42. The van der Waals surface area contributed by atoms with Gasteiger partial charge in [-0.1, -0.05) is 0 Å². The van der Waals surface area contributed by atoms with Crippen LogP contribution in [0.1, 0.15) is 18.4 Å². The summed E-state index contributed by atoms with van der Waals surface area (Å²) in [6.45, 7) is 2.00. The standard InChI is InChI=1S/C10H15N3/c1-7-5-9(11)10(12-6-7)13(2)8-3-4-8/h5-6,8H,3-4,11H2,1-2H3. The molecule has 1 aliphatic carbocycles. The molecule has 0 aromatic carbocycles. The number of nitrogens with zero attached hydrogens (tertiary/aromatic N) is 2. The summed E-state index contributed by atoms with van der Waals surface area (Å²) in [4.78, 5) is 6.52. The highest BCUT2D eigenvalue weighted by atomic mass is 15.2. The van der Waals surface area contributed by atoms with E-state index in [1.807, 2.05) is 19.2 Å². The molecule has 3 heteroatoms. The monoisotopic (exact) mass is 177 g/mol. The predicted molar refractivity (Wildman–Crippen MR) is 54.8 cm³/mol. The molecule has 0 unspecified atom stereocenters. The van der Waals surface area contributed by atoms with Crippen LogP contribution in [0.2, 0.25) is 0 Å². The Bertz CT molecular complexity index is 318. The van der Waals surface area contributed by atoms with Crippen molar-refractivity contribution in [2.45, 2.75) is 25.8 Å². The number of anilines is 2. The third kappa shape index (κ3) is 1.59. The van der Waals surface area contributed by atoms with Crippen LogP contribution >= 0.6 is 0 Å². The van der Waals surface area contributed by atoms with Gasteiger partial charge in [0.2, 0.25) is 0 Å². The third-order valence-electron chi connectivity index (χ3n) is 2.46. The number of hydrogen-bond donors (Lipinski definition) is 1. The number of nitrogen functional groups attached to an aromatic ring is 1. The second-order valence-electron chi connectivity index (χ2n) is 3.77. The molecule has 1 heterocycles. The van der Waals surface area contributed by atoms with E-state index in [1.54, 1.807) is 0 Å². The molecule has 13 heavy (non-hydrogen) atoms. The summed E-state index contributed by atoms with van der Waals surface area (Å²) in [7, 11) is 2.06. The first-order chi connectivity index (χ1) is 6.18. The number of pyridine rings is 1. The normalized spacial score (nSPS) is 15.8. The molecule has 0 saturated heterocycles. The largest absolute Gasteiger partial charge is 0.396 e. The van der Waals surface area contributed by atoms with E-state index in [1.165, 1.54) is 12.8 Å². The molecule has 0 bridgehead atoms. The van der Waals surface area contributed by atoms with Crippen LogP contribution < -0.4 is 10.6 Å². The van der Waals surface area contributed by atoms with Crippen molar-refractivity contribution < 1.29 is 0 Å². The van der Waals surface area contributed by atoms with Crippen molar-refractivity contribution in [1.82, 2.24) is 4.98 Å². The summed E-state index contributed by atoms with van der Waals surface area (Å²) in [5.74, 6) is 0.924. The lowest BCUT2D eigenvalue weighted by Gasteiger charge is -2.19. The van der Waals surface area contributed by atoms with Gasteiger partial charge in [-0.25, -0.2) is 4.98 Å². The molecule has 1 aliphatic rings. The van der Waals surface area contributed by atoms with Gasteiger partial charge in [-0.3, -0.25) is 0 Å². The van der Waals surface area contributed by atoms with E-state index in [0.29, 0.717) is 6.04 Å². The first kappa shape index (κ1) is 8.35. The fraction of sp³-hybridized carbons (Fsp3) is 0.500. The minimum atomic E-state index is 0.664. The summed E-state index contributed by atoms with van der Waals surface area (Å²) >= 11 is 0. The van der Waals surface area contributed by atoms with E-state index in [0.717, 1.165) is 17.1 Å². The molecule has 2 rings (SSSR count). The van der Waals surface area contributed by atoms with Crippen molar-refractivity contribution in [2.75, 3.05) is 17.7 Å². The van der Waals surface area contributed by atoms with Gasteiger partial charge in [-0.15, -0.1) is 0 Å². The SMILES string of the molecule is Cc1cnc(N(C)C2CC2)c(N)c1. The van der Waals surface area contributed by atoms with Gasteiger partial charge in [0.25, 0.3) is 0 Å². The Kier molecular flexibility index (Phi) is 1.87. The van der Waals surface area contributed by atoms with E-state index in [9.17, 15) is 0 Å². The van der Waals surface area contributed by atoms with Crippen molar-refractivity contribution in [2.24, 2.45) is 0 Å². The Morgan fingerprint density at radius 2 is 2.23 bits per heavy atom. The Balaban J connectivity index is 2.28. The van der Waals surface area contributed by atoms with E-state index < -0.39 is 0 Å². The summed E-state index contributed by atoms with van der Waals surface area (Å²) in [6.07, 6.45) is 4.40. The maximum atomic E-state index is 5.88. The highest BCUT2D eigenvalue weighted by molar-refractivity contribution is 5.63. The topological polar surface area (TPSA) is 42.2 Å². The lowest BCUT2D eigenvalue weighted by Crippen LogP contribution is -2.21. The van der Waals surface area contributed by atoms with E-state index in [-0.39, 0.29) is 0 Å². The van der Waals surface area contributed by atoms with Gasteiger partial charge in [-0.05, 0) is 31.4 Å². The predicted octanol–water partition coefficient (Wildman–Crippen LogP) is 1.57. The molecular weight excluding hydrogens is 162 g/mol. The first-order valence-electron chi connectivity index (χ1n) is 4.63. The van der Waals surface area contributed by atoms with Crippen molar-refractivity contribution in [1.29, 1.82) is 0 Å². The van der Waals surface area contributed by atoms with Gasteiger partial charge in [0.15, 0.2) is 5.82 Å². The summed E-state index contributed by atoms with van der Waals surface area (Å²) in [6, 6.07) is 2.64. The van der Waals surface area contributed by atoms with Crippen LogP contribution in [0.15, 0.2) is 12.3 Å². The maximum Gasteiger partial charge on any atom is 0.151 e. The highest BCUT2D eigenvalue weighted by Gasteiger charge is 2.27. The molecule has 1 aromatic heterocycles. The minimum absolute atomic E-state index is 0.664. The Morgan fingerprint density at radius 1 is 1.54 bits per heavy atom. The van der Waals surface area contributed by atoms with Crippen LogP contribution in [-0.2, 0) is 0 Å². The Hall–Kier alpha value is -1.25. The number of nitrogens with two attached hydrogens (primary N) is 1. The van der Waals surface area contributed by atoms with Crippen LogP contribution in [-0.4, -0.2) is 18.1 Å². The van der Waals surface area contributed by atoms with E-state index in [2.05, 4.69) is 16.9 Å². The molecule has 1 aromatic rings. The van der Waals surface area contributed by atoms with Gasteiger partial charge in [0.05, 0.1) is 5.69 Å². The summed E-state index contributed by atoms with van der Waals surface area (Å²) in [5, 5.41) is 0. The molecule has 0 aliphatic heterocycles. The van der Waals surface area contributed by atoms with Gasteiger partial charge >= 0.3 is 0 Å². The molecule has 0 radical (unpaired) electrons. The second kappa shape index (κ2) is 2.91. The summed E-state index contributed by atoms with van der Waals surface area (Å²) < 4.78 is 0. The number of aromatic nitrogens is 1. The van der Waals surface area contributed by atoms with Crippen LogP contribution in [0.5, 0.6) is 0 Å². The van der Waals surface area contributed by atoms with Crippen LogP contribution in [0, 0.1) is 6.92 Å². The fourth-order valence-electron chi connectivity index (χ4n) is 1.51. The minimum Gasteiger partial charge on any atom is -0.396 e. The zero-order valence-corrected chi connectivity index (χ0v) is 8.12. The van der Waals surface area contributed by atoms with Crippen LogP contribution in [0.25, 0.3) is 0 Å². The van der Waals surface area contributed by atoms with Crippen molar-refractivity contribution >= 4 is 11.5 Å². The van der Waals surface area contributed by atoms with Crippen molar-refractivity contribution in [3.8, 4) is 0 Å². The first-order valence-corrected chi connectivity index (χ1v) is 4.63. The van der Waals surface area contributed by atoms with Crippen molar-refractivity contribution in [3.63, 3.8) is 0 Å².